The van der Waals surface area contributed by atoms with E-state index in [2.05, 4.69) is 19.2 Å². The zero-order valence-electron chi connectivity index (χ0n) is 18.1. The maximum absolute atomic E-state index is 12.9. The van der Waals surface area contributed by atoms with E-state index in [0.29, 0.717) is 36.2 Å². The number of hydrogen-bond acceptors (Lipinski definition) is 6. The molecule has 2 aromatic carbocycles. The van der Waals surface area contributed by atoms with Crippen LogP contribution in [0.4, 0.5) is 0 Å². The van der Waals surface area contributed by atoms with Crippen LogP contribution in [-0.4, -0.2) is 40.5 Å². The molecule has 1 atom stereocenters. The SMILES string of the molecule is COc1cc(CC(=O)N[C@@H](c2ccc3c(c2)OCCO3)C(C)C)cc(OC)c1OC. The predicted octanol–water partition coefficient (Wildman–Crippen LogP) is 3.54. The molecule has 0 saturated carbocycles. The topological polar surface area (TPSA) is 75.3 Å². The van der Waals surface area contributed by atoms with Crippen molar-refractivity contribution in [3.8, 4) is 28.7 Å². The summed E-state index contributed by atoms with van der Waals surface area (Å²) in [6, 6.07) is 9.22. The molecular weight excluding hydrogens is 386 g/mol. The molecule has 3 rings (SSSR count). The summed E-state index contributed by atoms with van der Waals surface area (Å²) in [6.45, 7) is 5.21. The van der Waals surface area contributed by atoms with Crippen molar-refractivity contribution in [1.82, 2.24) is 5.32 Å². The molecule has 0 spiro atoms. The van der Waals surface area contributed by atoms with Crippen molar-refractivity contribution in [2.24, 2.45) is 5.92 Å². The van der Waals surface area contributed by atoms with Crippen molar-refractivity contribution in [2.75, 3.05) is 34.5 Å². The summed E-state index contributed by atoms with van der Waals surface area (Å²) in [5.74, 6) is 3.08. The van der Waals surface area contributed by atoms with Crippen molar-refractivity contribution in [3.05, 3.63) is 41.5 Å². The summed E-state index contributed by atoms with van der Waals surface area (Å²) in [5, 5.41) is 3.14. The number of methoxy groups -OCH3 is 3. The highest BCUT2D eigenvalue weighted by molar-refractivity contribution is 5.79. The highest BCUT2D eigenvalue weighted by Crippen LogP contribution is 2.38. The van der Waals surface area contributed by atoms with Crippen molar-refractivity contribution in [2.45, 2.75) is 26.3 Å². The van der Waals surface area contributed by atoms with Crippen LogP contribution in [0, 0.1) is 5.92 Å². The number of benzene rings is 2. The molecule has 0 fully saturated rings. The van der Waals surface area contributed by atoms with Gasteiger partial charge in [0.15, 0.2) is 23.0 Å². The minimum atomic E-state index is -0.157. The lowest BCUT2D eigenvalue weighted by molar-refractivity contribution is -0.121. The summed E-state index contributed by atoms with van der Waals surface area (Å²) < 4.78 is 27.4. The second-order valence-corrected chi connectivity index (χ2v) is 7.40. The first-order chi connectivity index (χ1) is 14.5. The molecule has 2 aromatic rings. The number of amides is 1. The van der Waals surface area contributed by atoms with Gasteiger partial charge in [0.05, 0.1) is 33.8 Å². The molecule has 1 amide bonds. The Bertz CT molecular complexity index is 870. The van der Waals surface area contributed by atoms with Crippen LogP contribution >= 0.6 is 0 Å². The summed E-state index contributed by atoms with van der Waals surface area (Å²) >= 11 is 0. The summed E-state index contributed by atoms with van der Waals surface area (Å²) in [5.41, 5.74) is 1.75. The van der Waals surface area contributed by atoms with Gasteiger partial charge in [0.2, 0.25) is 11.7 Å². The van der Waals surface area contributed by atoms with E-state index in [1.807, 2.05) is 18.2 Å². The number of ether oxygens (including phenoxy) is 5. The van der Waals surface area contributed by atoms with Gasteiger partial charge in [0.1, 0.15) is 13.2 Å². The molecule has 7 nitrogen and oxygen atoms in total. The third kappa shape index (κ3) is 4.72. The van der Waals surface area contributed by atoms with Crippen LogP contribution in [0.2, 0.25) is 0 Å². The molecule has 0 bridgehead atoms. The zero-order valence-corrected chi connectivity index (χ0v) is 18.1. The number of rotatable bonds is 8. The molecule has 7 heteroatoms. The van der Waals surface area contributed by atoms with Crippen molar-refractivity contribution in [1.29, 1.82) is 0 Å². The van der Waals surface area contributed by atoms with Crippen molar-refractivity contribution >= 4 is 5.91 Å². The first kappa shape index (κ1) is 21.6. The van der Waals surface area contributed by atoms with E-state index in [1.165, 1.54) is 0 Å². The Labute approximate surface area is 177 Å². The summed E-state index contributed by atoms with van der Waals surface area (Å²) in [7, 11) is 4.66. The van der Waals surface area contributed by atoms with Crippen LogP contribution in [0.15, 0.2) is 30.3 Å². The Hall–Kier alpha value is -3.09. The van der Waals surface area contributed by atoms with Gasteiger partial charge in [-0.05, 0) is 41.3 Å². The van der Waals surface area contributed by atoms with Crippen LogP contribution in [0.3, 0.4) is 0 Å². The maximum atomic E-state index is 12.9. The normalized spacial score (nSPS) is 13.5. The monoisotopic (exact) mass is 415 g/mol. The van der Waals surface area contributed by atoms with Gasteiger partial charge < -0.3 is 29.0 Å². The van der Waals surface area contributed by atoms with E-state index < -0.39 is 0 Å². The quantitative estimate of drug-likeness (QED) is 0.711. The lowest BCUT2D eigenvalue weighted by atomic mass is 9.95. The first-order valence-corrected chi connectivity index (χ1v) is 9.94. The Morgan fingerprint density at radius 1 is 0.967 bits per heavy atom. The molecule has 0 saturated heterocycles. The van der Waals surface area contributed by atoms with Crippen molar-refractivity contribution in [3.63, 3.8) is 0 Å². The fourth-order valence-corrected chi connectivity index (χ4v) is 3.54. The zero-order chi connectivity index (χ0) is 21.7. The maximum Gasteiger partial charge on any atom is 0.224 e. The Balaban J connectivity index is 1.78. The van der Waals surface area contributed by atoms with E-state index in [0.717, 1.165) is 16.9 Å². The fourth-order valence-electron chi connectivity index (χ4n) is 3.54. The average Bonchev–Trinajstić information content (AvgIpc) is 2.76. The van der Waals surface area contributed by atoms with Crippen LogP contribution in [0.5, 0.6) is 28.7 Å². The molecule has 0 radical (unpaired) electrons. The third-order valence-corrected chi connectivity index (χ3v) is 5.00. The minimum Gasteiger partial charge on any atom is -0.493 e. The van der Waals surface area contributed by atoms with Crippen LogP contribution in [0.25, 0.3) is 0 Å². The van der Waals surface area contributed by atoms with Gasteiger partial charge in [0, 0.05) is 0 Å². The standard InChI is InChI=1S/C23H29NO6/c1-14(2)22(16-6-7-17-18(13-16)30-9-8-29-17)24-21(25)12-15-10-19(26-3)23(28-5)20(11-15)27-4/h6-7,10-11,13-14,22H,8-9,12H2,1-5H3,(H,24,25)/t22-/m1/s1. The average molecular weight is 415 g/mol. The molecule has 162 valence electrons. The number of nitrogens with one attached hydrogen (secondary N) is 1. The second kappa shape index (κ2) is 9.61. The molecule has 1 aliphatic heterocycles. The van der Waals surface area contributed by atoms with Crippen LogP contribution < -0.4 is 29.0 Å². The predicted molar refractivity (Wildman–Crippen MR) is 113 cm³/mol. The van der Waals surface area contributed by atoms with Gasteiger partial charge in [-0.1, -0.05) is 19.9 Å². The van der Waals surface area contributed by atoms with E-state index >= 15 is 0 Å². The Morgan fingerprint density at radius 2 is 1.60 bits per heavy atom. The van der Waals surface area contributed by atoms with Gasteiger partial charge in [0.25, 0.3) is 0 Å². The third-order valence-electron chi connectivity index (χ3n) is 5.00. The largest absolute Gasteiger partial charge is 0.493 e. The first-order valence-electron chi connectivity index (χ1n) is 9.94. The molecule has 0 aromatic heterocycles. The molecule has 30 heavy (non-hydrogen) atoms. The van der Waals surface area contributed by atoms with Gasteiger partial charge in [-0.2, -0.15) is 0 Å². The van der Waals surface area contributed by atoms with Crippen LogP contribution in [0.1, 0.15) is 31.0 Å². The van der Waals surface area contributed by atoms with E-state index in [4.69, 9.17) is 23.7 Å². The lowest BCUT2D eigenvalue weighted by Crippen LogP contribution is -2.33. The molecule has 0 unspecified atom stereocenters. The number of carbonyl (C=O) groups excluding carboxylic acids is 1. The Kier molecular flexibility index (Phi) is 6.92. The minimum absolute atomic E-state index is 0.0992. The van der Waals surface area contributed by atoms with Crippen LogP contribution in [-0.2, 0) is 11.2 Å². The lowest BCUT2D eigenvalue weighted by Gasteiger charge is -2.25. The molecule has 1 aliphatic rings. The smallest absolute Gasteiger partial charge is 0.224 e. The number of carbonyl (C=O) groups is 1. The summed E-state index contributed by atoms with van der Waals surface area (Å²) in [6.07, 6.45) is 0.185. The molecule has 1 N–H and O–H groups in total. The molecule has 0 aliphatic carbocycles. The molecule has 1 heterocycles. The van der Waals surface area contributed by atoms with Gasteiger partial charge in [-0.15, -0.1) is 0 Å². The fraction of sp³-hybridized carbons (Fsp3) is 0.435. The molecular formula is C23H29NO6. The second-order valence-electron chi connectivity index (χ2n) is 7.40. The highest BCUT2D eigenvalue weighted by Gasteiger charge is 2.22. The Morgan fingerprint density at radius 3 is 2.17 bits per heavy atom. The number of fused-ring (bicyclic) bond motifs is 1. The van der Waals surface area contributed by atoms with E-state index in [9.17, 15) is 4.79 Å². The van der Waals surface area contributed by atoms with E-state index in [-0.39, 0.29) is 24.3 Å². The van der Waals surface area contributed by atoms with Gasteiger partial charge in [-0.25, -0.2) is 0 Å². The van der Waals surface area contributed by atoms with Gasteiger partial charge >= 0.3 is 0 Å². The highest BCUT2D eigenvalue weighted by atomic mass is 16.6. The number of hydrogen-bond donors (Lipinski definition) is 1. The summed E-state index contributed by atoms with van der Waals surface area (Å²) in [4.78, 5) is 12.9. The van der Waals surface area contributed by atoms with E-state index in [1.54, 1.807) is 33.5 Å². The van der Waals surface area contributed by atoms with Crippen molar-refractivity contribution < 1.29 is 28.5 Å². The van der Waals surface area contributed by atoms with Gasteiger partial charge in [-0.3, -0.25) is 4.79 Å².